The third-order valence-electron chi connectivity index (χ3n) is 2.45. The molecule has 0 saturated carbocycles. The van der Waals surface area contributed by atoms with Crippen molar-refractivity contribution in [3.05, 3.63) is 24.3 Å². The molecule has 1 atom stereocenters. The SMILES string of the molecule is CC(C)(C)OC(=O)NC(COc1cccc(N)c1)CC(=O)O. The first-order chi connectivity index (χ1) is 10.2. The molecule has 122 valence electrons. The van der Waals surface area contributed by atoms with Gasteiger partial charge in [-0.1, -0.05) is 6.07 Å². The number of aliphatic carboxylic acids is 1. The summed E-state index contributed by atoms with van der Waals surface area (Å²) >= 11 is 0. The largest absolute Gasteiger partial charge is 0.491 e. The van der Waals surface area contributed by atoms with Crippen LogP contribution in [0.4, 0.5) is 10.5 Å². The number of ether oxygens (including phenoxy) is 2. The van der Waals surface area contributed by atoms with Gasteiger partial charge in [0.2, 0.25) is 0 Å². The summed E-state index contributed by atoms with van der Waals surface area (Å²) in [7, 11) is 0. The quantitative estimate of drug-likeness (QED) is 0.693. The Morgan fingerprint density at radius 1 is 1.36 bits per heavy atom. The van der Waals surface area contributed by atoms with Crippen LogP contribution in [0.2, 0.25) is 0 Å². The molecule has 0 radical (unpaired) electrons. The Bertz CT molecular complexity index is 525. The third kappa shape index (κ3) is 7.37. The number of amides is 1. The van der Waals surface area contributed by atoms with E-state index in [1.807, 2.05) is 0 Å². The van der Waals surface area contributed by atoms with Gasteiger partial charge in [-0.15, -0.1) is 0 Å². The normalized spacial score (nSPS) is 12.3. The Balaban J connectivity index is 2.60. The highest BCUT2D eigenvalue weighted by atomic mass is 16.6. The molecule has 1 aromatic rings. The van der Waals surface area contributed by atoms with Crippen LogP contribution in [0.15, 0.2) is 24.3 Å². The molecule has 1 unspecified atom stereocenters. The van der Waals surface area contributed by atoms with Gasteiger partial charge in [0.1, 0.15) is 18.0 Å². The zero-order valence-electron chi connectivity index (χ0n) is 13.0. The summed E-state index contributed by atoms with van der Waals surface area (Å²) in [5, 5.41) is 11.4. The fourth-order valence-electron chi connectivity index (χ4n) is 1.64. The van der Waals surface area contributed by atoms with Crippen LogP contribution in [0.1, 0.15) is 27.2 Å². The Hall–Kier alpha value is -2.44. The van der Waals surface area contributed by atoms with Crippen molar-refractivity contribution in [3.63, 3.8) is 0 Å². The number of carboxylic acid groups (broad SMARTS) is 1. The molecule has 1 aromatic carbocycles. The number of nitrogen functional groups attached to an aromatic ring is 1. The smallest absolute Gasteiger partial charge is 0.408 e. The summed E-state index contributed by atoms with van der Waals surface area (Å²) in [6.45, 7) is 5.17. The van der Waals surface area contributed by atoms with Gasteiger partial charge in [0.15, 0.2) is 0 Å². The number of carboxylic acids is 1. The van der Waals surface area contributed by atoms with E-state index in [-0.39, 0.29) is 13.0 Å². The first-order valence-electron chi connectivity index (χ1n) is 6.85. The molecule has 1 amide bonds. The molecule has 0 heterocycles. The highest BCUT2D eigenvalue weighted by Crippen LogP contribution is 2.15. The molecular weight excluding hydrogens is 288 g/mol. The molecule has 7 heteroatoms. The highest BCUT2D eigenvalue weighted by molar-refractivity contribution is 5.71. The van der Waals surface area contributed by atoms with Gasteiger partial charge in [-0.2, -0.15) is 0 Å². The number of carbonyl (C=O) groups is 2. The van der Waals surface area contributed by atoms with Crippen molar-refractivity contribution < 1.29 is 24.2 Å². The van der Waals surface area contributed by atoms with E-state index >= 15 is 0 Å². The van der Waals surface area contributed by atoms with Crippen molar-refractivity contribution in [1.29, 1.82) is 0 Å². The predicted molar refractivity (Wildman–Crippen MR) is 81.8 cm³/mol. The minimum atomic E-state index is -1.04. The number of benzene rings is 1. The standard InChI is InChI=1S/C15H22N2O5/c1-15(2,3)22-14(20)17-11(8-13(18)19)9-21-12-6-4-5-10(16)7-12/h4-7,11H,8-9,16H2,1-3H3,(H,17,20)(H,18,19). The Kier molecular flexibility index (Phi) is 6.03. The molecule has 0 aliphatic carbocycles. The first kappa shape index (κ1) is 17.6. The summed E-state index contributed by atoms with van der Waals surface area (Å²) in [6.07, 6.45) is -0.961. The summed E-state index contributed by atoms with van der Waals surface area (Å²) in [4.78, 5) is 22.6. The van der Waals surface area contributed by atoms with Gasteiger partial charge in [0.25, 0.3) is 0 Å². The lowest BCUT2D eigenvalue weighted by Crippen LogP contribution is -2.43. The van der Waals surface area contributed by atoms with Crippen LogP contribution in [0.5, 0.6) is 5.75 Å². The second-order valence-electron chi connectivity index (χ2n) is 5.82. The zero-order chi connectivity index (χ0) is 16.8. The molecule has 0 saturated heterocycles. The number of hydrogen-bond acceptors (Lipinski definition) is 5. The van der Waals surface area contributed by atoms with E-state index in [0.717, 1.165) is 0 Å². The van der Waals surface area contributed by atoms with Gasteiger partial charge < -0.3 is 25.6 Å². The molecule has 0 aliphatic rings. The lowest BCUT2D eigenvalue weighted by atomic mass is 10.2. The lowest BCUT2D eigenvalue weighted by molar-refractivity contribution is -0.137. The number of alkyl carbamates (subject to hydrolysis) is 1. The van der Waals surface area contributed by atoms with Gasteiger partial charge >= 0.3 is 12.1 Å². The number of carbonyl (C=O) groups excluding carboxylic acids is 1. The van der Waals surface area contributed by atoms with Gasteiger partial charge in [0, 0.05) is 11.8 Å². The summed E-state index contributed by atoms with van der Waals surface area (Å²) in [6, 6.07) is 6.03. The van der Waals surface area contributed by atoms with Gasteiger partial charge in [0.05, 0.1) is 12.5 Å². The molecule has 0 aromatic heterocycles. The zero-order valence-corrected chi connectivity index (χ0v) is 13.0. The average molecular weight is 310 g/mol. The van der Waals surface area contributed by atoms with Crippen molar-refractivity contribution in [2.75, 3.05) is 12.3 Å². The average Bonchev–Trinajstić information content (AvgIpc) is 2.33. The Morgan fingerprint density at radius 2 is 2.05 bits per heavy atom. The van der Waals surface area contributed by atoms with Gasteiger partial charge in [-0.3, -0.25) is 4.79 Å². The van der Waals surface area contributed by atoms with Crippen molar-refractivity contribution in [1.82, 2.24) is 5.32 Å². The molecule has 0 bridgehead atoms. The molecule has 0 aliphatic heterocycles. The number of anilines is 1. The Labute approximate surface area is 129 Å². The van der Waals surface area contributed by atoms with Crippen LogP contribution in [0.3, 0.4) is 0 Å². The lowest BCUT2D eigenvalue weighted by Gasteiger charge is -2.23. The van der Waals surface area contributed by atoms with Crippen LogP contribution in [-0.4, -0.2) is 35.4 Å². The first-order valence-corrected chi connectivity index (χ1v) is 6.85. The van der Waals surface area contributed by atoms with E-state index in [1.54, 1.807) is 45.0 Å². The minimum absolute atomic E-state index is 0.00496. The van der Waals surface area contributed by atoms with Crippen molar-refractivity contribution in [3.8, 4) is 5.75 Å². The van der Waals surface area contributed by atoms with E-state index in [4.69, 9.17) is 20.3 Å². The second kappa shape index (κ2) is 7.53. The van der Waals surface area contributed by atoms with Crippen molar-refractivity contribution in [2.45, 2.75) is 38.8 Å². The maximum atomic E-state index is 11.7. The van der Waals surface area contributed by atoms with Crippen LogP contribution < -0.4 is 15.8 Å². The third-order valence-corrected chi connectivity index (χ3v) is 2.45. The van der Waals surface area contributed by atoms with Crippen LogP contribution in [0, 0.1) is 0 Å². The van der Waals surface area contributed by atoms with E-state index in [2.05, 4.69) is 5.32 Å². The fourth-order valence-corrected chi connectivity index (χ4v) is 1.64. The topological polar surface area (TPSA) is 111 Å². The molecule has 1 rings (SSSR count). The molecule has 0 spiro atoms. The number of hydrogen-bond donors (Lipinski definition) is 3. The monoisotopic (exact) mass is 310 g/mol. The molecule has 0 fully saturated rings. The van der Waals surface area contributed by atoms with Gasteiger partial charge in [-0.05, 0) is 32.9 Å². The predicted octanol–water partition coefficient (Wildman–Crippen LogP) is 2.02. The second-order valence-corrected chi connectivity index (χ2v) is 5.82. The maximum absolute atomic E-state index is 11.7. The van der Waals surface area contributed by atoms with E-state index < -0.39 is 23.7 Å². The summed E-state index contributed by atoms with van der Waals surface area (Å²) in [5.41, 5.74) is 5.51. The molecule has 4 N–H and O–H groups in total. The van der Waals surface area contributed by atoms with E-state index in [9.17, 15) is 9.59 Å². The number of rotatable bonds is 6. The fraction of sp³-hybridized carbons (Fsp3) is 0.467. The van der Waals surface area contributed by atoms with Crippen molar-refractivity contribution >= 4 is 17.7 Å². The van der Waals surface area contributed by atoms with Crippen molar-refractivity contribution in [2.24, 2.45) is 0 Å². The van der Waals surface area contributed by atoms with Crippen LogP contribution >= 0.6 is 0 Å². The highest BCUT2D eigenvalue weighted by Gasteiger charge is 2.21. The number of nitrogens with one attached hydrogen (secondary N) is 1. The molecular formula is C15H22N2O5. The Morgan fingerprint density at radius 3 is 2.59 bits per heavy atom. The van der Waals surface area contributed by atoms with Crippen LogP contribution in [0.25, 0.3) is 0 Å². The van der Waals surface area contributed by atoms with E-state index in [0.29, 0.717) is 11.4 Å². The summed E-state index contributed by atoms with van der Waals surface area (Å²) in [5.74, 6) is -0.543. The molecule has 7 nitrogen and oxygen atoms in total. The van der Waals surface area contributed by atoms with Gasteiger partial charge in [-0.25, -0.2) is 4.79 Å². The molecule has 22 heavy (non-hydrogen) atoms. The number of nitrogens with two attached hydrogens (primary N) is 1. The summed E-state index contributed by atoms with van der Waals surface area (Å²) < 4.78 is 10.6. The minimum Gasteiger partial charge on any atom is -0.491 e. The van der Waals surface area contributed by atoms with E-state index in [1.165, 1.54) is 0 Å². The van der Waals surface area contributed by atoms with Crippen LogP contribution in [-0.2, 0) is 9.53 Å². The maximum Gasteiger partial charge on any atom is 0.408 e.